The average molecular weight is 328 g/mol. The number of carbonyl (C=O) groups excluding carboxylic acids is 2. The van der Waals surface area contributed by atoms with Gasteiger partial charge in [0.25, 0.3) is 0 Å². The number of nitrogens with zero attached hydrogens (tertiary/aromatic N) is 1. The second-order valence-corrected chi connectivity index (χ2v) is 5.73. The summed E-state index contributed by atoms with van der Waals surface area (Å²) in [7, 11) is 0. The Labute approximate surface area is 137 Å². The van der Waals surface area contributed by atoms with Gasteiger partial charge in [-0.3, -0.25) is 14.4 Å². The molecule has 0 aromatic rings. The normalized spacial score (nSPS) is 16.0. The van der Waals surface area contributed by atoms with E-state index in [9.17, 15) is 19.5 Å². The van der Waals surface area contributed by atoms with Crippen molar-refractivity contribution < 1.29 is 24.2 Å². The number of carboxylic acid groups (broad SMARTS) is 1. The largest absolute Gasteiger partial charge is 0.480 e. The van der Waals surface area contributed by atoms with Crippen LogP contribution in [0.25, 0.3) is 0 Å². The van der Waals surface area contributed by atoms with E-state index in [1.807, 2.05) is 4.90 Å². The third-order valence-electron chi connectivity index (χ3n) is 3.91. The van der Waals surface area contributed by atoms with Crippen LogP contribution < -0.4 is 5.32 Å². The molecule has 1 saturated heterocycles. The molecule has 1 heterocycles. The summed E-state index contributed by atoms with van der Waals surface area (Å²) in [6.45, 7) is 4.07. The lowest BCUT2D eigenvalue weighted by Gasteiger charge is -2.27. The van der Waals surface area contributed by atoms with Gasteiger partial charge in [0, 0.05) is 25.9 Å². The van der Waals surface area contributed by atoms with Crippen LogP contribution in [-0.4, -0.2) is 60.1 Å². The lowest BCUT2D eigenvalue weighted by atomic mass is 10.1. The number of carbonyl (C=O) groups is 3. The molecular weight excluding hydrogens is 300 g/mol. The standard InChI is InChI=1S/C16H28N2O5/c1-2-23-15(20)7-6-10-17-13(16(21)22)8-9-14(19)18-11-4-3-5-12-18/h13,17H,2-12H2,1H3,(H,21,22). The van der Waals surface area contributed by atoms with Gasteiger partial charge in [-0.2, -0.15) is 0 Å². The van der Waals surface area contributed by atoms with Crippen LogP contribution in [-0.2, 0) is 19.1 Å². The monoisotopic (exact) mass is 328 g/mol. The van der Waals surface area contributed by atoms with E-state index in [0.717, 1.165) is 32.4 Å². The molecule has 7 nitrogen and oxygen atoms in total. The van der Waals surface area contributed by atoms with Crippen molar-refractivity contribution in [2.24, 2.45) is 0 Å². The van der Waals surface area contributed by atoms with Crippen molar-refractivity contribution in [3.8, 4) is 0 Å². The molecular formula is C16H28N2O5. The molecule has 132 valence electrons. The molecule has 0 bridgehead atoms. The van der Waals surface area contributed by atoms with Crippen molar-refractivity contribution in [2.75, 3.05) is 26.2 Å². The van der Waals surface area contributed by atoms with E-state index in [-0.39, 0.29) is 31.1 Å². The maximum atomic E-state index is 12.1. The minimum absolute atomic E-state index is 0.0317. The zero-order valence-electron chi connectivity index (χ0n) is 13.9. The van der Waals surface area contributed by atoms with Crippen LogP contribution in [0.4, 0.5) is 0 Å². The number of rotatable bonds is 10. The Kier molecular flexibility index (Phi) is 9.28. The molecule has 0 aromatic carbocycles. The predicted octanol–water partition coefficient (Wildman–Crippen LogP) is 1.17. The summed E-state index contributed by atoms with van der Waals surface area (Å²) < 4.78 is 4.81. The molecule has 0 saturated carbocycles. The number of carboxylic acids is 1. The molecule has 1 rings (SSSR count). The summed E-state index contributed by atoms with van der Waals surface area (Å²) in [5, 5.41) is 12.1. The number of likely N-dealkylation sites (tertiary alicyclic amines) is 1. The van der Waals surface area contributed by atoms with E-state index in [0.29, 0.717) is 19.6 Å². The molecule has 1 unspecified atom stereocenters. The van der Waals surface area contributed by atoms with Crippen LogP contribution in [0.3, 0.4) is 0 Å². The van der Waals surface area contributed by atoms with Gasteiger partial charge < -0.3 is 20.1 Å². The number of hydrogen-bond donors (Lipinski definition) is 2. The van der Waals surface area contributed by atoms with E-state index in [1.54, 1.807) is 6.92 Å². The lowest BCUT2D eigenvalue weighted by Crippen LogP contribution is -2.40. The van der Waals surface area contributed by atoms with Gasteiger partial charge in [0.15, 0.2) is 0 Å². The molecule has 0 radical (unpaired) electrons. The molecule has 1 aliphatic rings. The van der Waals surface area contributed by atoms with Crippen molar-refractivity contribution in [3.05, 3.63) is 0 Å². The third-order valence-corrected chi connectivity index (χ3v) is 3.91. The topological polar surface area (TPSA) is 95.9 Å². The highest BCUT2D eigenvalue weighted by atomic mass is 16.5. The van der Waals surface area contributed by atoms with Crippen molar-refractivity contribution >= 4 is 17.8 Å². The molecule has 1 amide bonds. The Morgan fingerprint density at radius 3 is 2.48 bits per heavy atom. The van der Waals surface area contributed by atoms with Crippen molar-refractivity contribution in [1.82, 2.24) is 10.2 Å². The van der Waals surface area contributed by atoms with E-state index in [4.69, 9.17) is 4.74 Å². The molecule has 7 heteroatoms. The van der Waals surface area contributed by atoms with Gasteiger partial charge >= 0.3 is 11.9 Å². The molecule has 2 N–H and O–H groups in total. The Morgan fingerprint density at radius 1 is 1.17 bits per heavy atom. The highest BCUT2D eigenvalue weighted by Gasteiger charge is 2.21. The van der Waals surface area contributed by atoms with Crippen LogP contribution >= 0.6 is 0 Å². The number of esters is 1. The number of amides is 1. The minimum Gasteiger partial charge on any atom is -0.480 e. The van der Waals surface area contributed by atoms with Gasteiger partial charge in [-0.25, -0.2) is 0 Å². The maximum Gasteiger partial charge on any atom is 0.320 e. The smallest absolute Gasteiger partial charge is 0.320 e. The van der Waals surface area contributed by atoms with Crippen molar-refractivity contribution in [2.45, 2.75) is 57.9 Å². The summed E-state index contributed by atoms with van der Waals surface area (Å²) in [4.78, 5) is 36.3. The van der Waals surface area contributed by atoms with Crippen LogP contribution in [0.15, 0.2) is 0 Å². The van der Waals surface area contributed by atoms with E-state index < -0.39 is 12.0 Å². The second-order valence-electron chi connectivity index (χ2n) is 5.73. The molecule has 1 fully saturated rings. The SMILES string of the molecule is CCOC(=O)CCCNC(CCC(=O)N1CCCCC1)C(=O)O. The average Bonchev–Trinajstić information content (AvgIpc) is 2.54. The number of ether oxygens (including phenoxy) is 1. The fourth-order valence-corrected chi connectivity index (χ4v) is 2.62. The van der Waals surface area contributed by atoms with Gasteiger partial charge in [0.2, 0.25) is 5.91 Å². The molecule has 0 aliphatic carbocycles. The fourth-order valence-electron chi connectivity index (χ4n) is 2.62. The maximum absolute atomic E-state index is 12.1. The molecule has 0 aromatic heterocycles. The van der Waals surface area contributed by atoms with E-state index in [2.05, 4.69) is 5.32 Å². The number of hydrogen-bond acceptors (Lipinski definition) is 5. The number of aliphatic carboxylic acids is 1. The van der Waals surface area contributed by atoms with Gasteiger partial charge in [0.05, 0.1) is 6.61 Å². The summed E-state index contributed by atoms with van der Waals surface area (Å²) >= 11 is 0. The summed E-state index contributed by atoms with van der Waals surface area (Å²) in [6.07, 6.45) is 4.50. The second kappa shape index (κ2) is 11.0. The van der Waals surface area contributed by atoms with Crippen LogP contribution in [0.5, 0.6) is 0 Å². The van der Waals surface area contributed by atoms with E-state index >= 15 is 0 Å². The summed E-state index contributed by atoms with van der Waals surface area (Å²) in [5.74, 6) is -1.21. The van der Waals surface area contributed by atoms with Crippen molar-refractivity contribution in [1.29, 1.82) is 0 Å². The van der Waals surface area contributed by atoms with Gasteiger partial charge in [-0.1, -0.05) is 0 Å². The Morgan fingerprint density at radius 2 is 1.87 bits per heavy atom. The first-order chi connectivity index (χ1) is 11.0. The van der Waals surface area contributed by atoms with Crippen molar-refractivity contribution in [3.63, 3.8) is 0 Å². The van der Waals surface area contributed by atoms with E-state index in [1.165, 1.54) is 0 Å². The Bertz CT molecular complexity index is 394. The Hall–Kier alpha value is -1.63. The number of nitrogens with one attached hydrogen (secondary N) is 1. The zero-order valence-corrected chi connectivity index (χ0v) is 13.9. The predicted molar refractivity (Wildman–Crippen MR) is 85.0 cm³/mol. The summed E-state index contributed by atoms with van der Waals surface area (Å²) in [6, 6.07) is -0.758. The first-order valence-electron chi connectivity index (χ1n) is 8.44. The first-order valence-corrected chi connectivity index (χ1v) is 8.44. The van der Waals surface area contributed by atoms with Crippen LogP contribution in [0.1, 0.15) is 51.9 Å². The Balaban J connectivity index is 2.24. The molecule has 1 aliphatic heterocycles. The zero-order chi connectivity index (χ0) is 17.1. The molecule has 1 atom stereocenters. The minimum atomic E-state index is -0.965. The van der Waals surface area contributed by atoms with Crippen LogP contribution in [0.2, 0.25) is 0 Å². The fraction of sp³-hybridized carbons (Fsp3) is 0.812. The van der Waals surface area contributed by atoms with Gasteiger partial charge in [-0.05, 0) is 45.6 Å². The quantitative estimate of drug-likeness (QED) is 0.461. The third kappa shape index (κ3) is 7.97. The summed E-state index contributed by atoms with van der Waals surface area (Å²) in [5.41, 5.74) is 0. The first kappa shape index (κ1) is 19.4. The highest BCUT2D eigenvalue weighted by molar-refractivity contribution is 5.78. The van der Waals surface area contributed by atoms with Gasteiger partial charge in [-0.15, -0.1) is 0 Å². The lowest BCUT2D eigenvalue weighted by molar-refractivity contribution is -0.143. The van der Waals surface area contributed by atoms with Crippen LogP contribution in [0, 0.1) is 0 Å². The number of piperidine rings is 1. The molecule has 23 heavy (non-hydrogen) atoms. The van der Waals surface area contributed by atoms with Gasteiger partial charge in [0.1, 0.15) is 6.04 Å². The highest BCUT2D eigenvalue weighted by Crippen LogP contribution is 2.11. The molecule has 0 spiro atoms.